The smallest absolute Gasteiger partial charge is 0.326 e. The maximum absolute atomic E-state index is 11.8. The normalized spacial score (nSPS) is 18.6. The Balaban J connectivity index is 1.53. The van der Waals surface area contributed by atoms with E-state index in [0.717, 1.165) is 56.1 Å². The first kappa shape index (κ1) is 20.4. The minimum atomic E-state index is -0.807. The Labute approximate surface area is 177 Å². The van der Waals surface area contributed by atoms with Crippen molar-refractivity contribution < 1.29 is 9.90 Å². The standard InChI is InChI=1S/C22H30N6O2/c1-3-17(4-2)28-19(21(29)30)13-15-14-24-22(26-20(15)28)25-16-5-7-18(8-6-16)27-11-9-23-10-12-27/h5-8,14,17,19,23H,3-4,9-13H2,1-2H3,(H,29,30)(H,24,25,26). The monoisotopic (exact) mass is 410 g/mol. The average Bonchev–Trinajstić information content (AvgIpc) is 3.15. The summed E-state index contributed by atoms with van der Waals surface area (Å²) in [5, 5.41) is 16.4. The number of carbonyl (C=O) groups is 1. The number of nitrogens with zero attached hydrogens (tertiary/aromatic N) is 4. The van der Waals surface area contributed by atoms with E-state index < -0.39 is 12.0 Å². The van der Waals surface area contributed by atoms with Crippen LogP contribution < -0.4 is 20.4 Å². The van der Waals surface area contributed by atoms with Crippen LogP contribution in [-0.4, -0.2) is 59.3 Å². The van der Waals surface area contributed by atoms with Crippen LogP contribution in [0.5, 0.6) is 0 Å². The van der Waals surface area contributed by atoms with Crippen molar-refractivity contribution in [3.05, 3.63) is 36.0 Å². The van der Waals surface area contributed by atoms with Gasteiger partial charge in [0.25, 0.3) is 0 Å². The molecule has 0 bridgehead atoms. The van der Waals surface area contributed by atoms with Crippen LogP contribution in [0.15, 0.2) is 30.5 Å². The van der Waals surface area contributed by atoms with Crippen LogP contribution in [0, 0.1) is 0 Å². The van der Waals surface area contributed by atoms with E-state index >= 15 is 0 Å². The van der Waals surface area contributed by atoms with Crippen LogP contribution in [0.2, 0.25) is 0 Å². The van der Waals surface area contributed by atoms with Crippen molar-refractivity contribution in [1.82, 2.24) is 15.3 Å². The van der Waals surface area contributed by atoms with Gasteiger partial charge in [-0.15, -0.1) is 0 Å². The van der Waals surface area contributed by atoms with E-state index in [1.807, 2.05) is 17.0 Å². The second kappa shape index (κ2) is 8.87. The lowest BCUT2D eigenvalue weighted by molar-refractivity contribution is -0.138. The molecule has 2 aliphatic heterocycles. The molecule has 1 unspecified atom stereocenters. The van der Waals surface area contributed by atoms with Crippen LogP contribution >= 0.6 is 0 Å². The summed E-state index contributed by atoms with van der Waals surface area (Å²) in [6.45, 7) is 8.21. The fourth-order valence-corrected chi connectivity index (χ4v) is 4.40. The Bertz CT molecular complexity index is 878. The SMILES string of the molecule is CCC(CC)N1c2nc(Nc3ccc(N4CCNCC4)cc3)ncc2CC1C(=O)O. The van der Waals surface area contributed by atoms with Crippen molar-refractivity contribution in [1.29, 1.82) is 0 Å². The Hall–Kier alpha value is -2.87. The molecule has 3 N–H and O–H groups in total. The van der Waals surface area contributed by atoms with E-state index in [-0.39, 0.29) is 6.04 Å². The van der Waals surface area contributed by atoms with E-state index in [1.165, 1.54) is 5.69 Å². The predicted molar refractivity (Wildman–Crippen MR) is 119 cm³/mol. The minimum absolute atomic E-state index is 0.147. The van der Waals surface area contributed by atoms with Gasteiger partial charge in [-0.25, -0.2) is 9.78 Å². The van der Waals surface area contributed by atoms with Gasteiger partial charge in [0.2, 0.25) is 5.95 Å². The number of rotatable bonds is 7. The van der Waals surface area contributed by atoms with Crippen LogP contribution in [0.4, 0.5) is 23.1 Å². The average molecular weight is 411 g/mol. The maximum atomic E-state index is 11.8. The molecule has 4 rings (SSSR count). The highest BCUT2D eigenvalue weighted by atomic mass is 16.4. The number of carboxylic acid groups (broad SMARTS) is 1. The molecule has 0 spiro atoms. The van der Waals surface area contributed by atoms with Crippen molar-refractivity contribution >= 4 is 29.1 Å². The third-order valence-corrected chi connectivity index (χ3v) is 6.06. The number of hydrogen-bond acceptors (Lipinski definition) is 7. The van der Waals surface area contributed by atoms with Crippen molar-refractivity contribution in [2.75, 3.05) is 41.3 Å². The summed E-state index contributed by atoms with van der Waals surface area (Å²) in [6, 6.07) is 7.86. The maximum Gasteiger partial charge on any atom is 0.326 e. The Morgan fingerprint density at radius 2 is 1.93 bits per heavy atom. The zero-order valence-electron chi connectivity index (χ0n) is 17.6. The number of carboxylic acids is 1. The van der Waals surface area contributed by atoms with Gasteiger partial charge in [0.1, 0.15) is 11.9 Å². The van der Waals surface area contributed by atoms with Gasteiger partial charge in [-0.1, -0.05) is 13.8 Å². The van der Waals surface area contributed by atoms with Gasteiger partial charge in [0.05, 0.1) is 0 Å². The molecule has 30 heavy (non-hydrogen) atoms. The number of aliphatic carboxylic acids is 1. The summed E-state index contributed by atoms with van der Waals surface area (Å²) in [4.78, 5) is 25.3. The number of piperazine rings is 1. The molecule has 0 amide bonds. The van der Waals surface area contributed by atoms with Gasteiger partial charge in [0.15, 0.2) is 0 Å². The molecule has 0 aliphatic carbocycles. The molecule has 2 aromatic rings. The number of hydrogen-bond donors (Lipinski definition) is 3. The molecule has 1 fully saturated rings. The summed E-state index contributed by atoms with van der Waals surface area (Å²) in [6.07, 6.45) is 3.96. The van der Waals surface area contributed by atoms with Crippen molar-refractivity contribution in [2.45, 2.75) is 45.2 Å². The molecule has 0 radical (unpaired) electrons. The van der Waals surface area contributed by atoms with E-state index in [0.29, 0.717) is 12.4 Å². The highest BCUT2D eigenvalue weighted by Gasteiger charge is 2.39. The minimum Gasteiger partial charge on any atom is -0.480 e. The molecule has 0 saturated carbocycles. The lowest BCUT2D eigenvalue weighted by Crippen LogP contribution is -2.45. The molecule has 8 nitrogen and oxygen atoms in total. The highest BCUT2D eigenvalue weighted by molar-refractivity contribution is 5.82. The first-order valence-electron chi connectivity index (χ1n) is 10.8. The fourth-order valence-electron chi connectivity index (χ4n) is 4.40. The van der Waals surface area contributed by atoms with Gasteiger partial charge in [-0.05, 0) is 37.1 Å². The largest absolute Gasteiger partial charge is 0.480 e. The first-order valence-corrected chi connectivity index (χ1v) is 10.8. The van der Waals surface area contributed by atoms with Gasteiger partial charge >= 0.3 is 5.97 Å². The molecule has 1 atom stereocenters. The van der Waals surface area contributed by atoms with Crippen molar-refractivity contribution in [3.63, 3.8) is 0 Å². The second-order valence-electron chi connectivity index (χ2n) is 7.89. The van der Waals surface area contributed by atoms with E-state index in [2.05, 4.69) is 46.5 Å². The molecular formula is C22H30N6O2. The summed E-state index contributed by atoms with van der Waals surface area (Å²) < 4.78 is 0. The summed E-state index contributed by atoms with van der Waals surface area (Å²) in [5.74, 6) is 0.426. The highest BCUT2D eigenvalue weighted by Crippen LogP contribution is 2.34. The van der Waals surface area contributed by atoms with E-state index in [1.54, 1.807) is 6.20 Å². The topological polar surface area (TPSA) is 93.6 Å². The Kier molecular flexibility index (Phi) is 6.03. The molecule has 1 aromatic carbocycles. The van der Waals surface area contributed by atoms with E-state index in [9.17, 15) is 9.90 Å². The summed E-state index contributed by atoms with van der Waals surface area (Å²) in [5.41, 5.74) is 3.02. The molecule has 160 valence electrons. The lowest BCUT2D eigenvalue weighted by atomic mass is 10.1. The van der Waals surface area contributed by atoms with Gasteiger partial charge in [-0.2, -0.15) is 4.98 Å². The van der Waals surface area contributed by atoms with Crippen molar-refractivity contribution in [2.24, 2.45) is 0 Å². The Morgan fingerprint density at radius 1 is 1.23 bits per heavy atom. The molecule has 1 aromatic heterocycles. The number of nitrogens with one attached hydrogen (secondary N) is 2. The molecule has 8 heteroatoms. The third-order valence-electron chi connectivity index (χ3n) is 6.06. The van der Waals surface area contributed by atoms with Crippen LogP contribution in [0.25, 0.3) is 0 Å². The van der Waals surface area contributed by atoms with Gasteiger partial charge < -0.3 is 25.5 Å². The predicted octanol–water partition coefficient (Wildman–Crippen LogP) is 2.63. The van der Waals surface area contributed by atoms with Crippen LogP contribution in [0.1, 0.15) is 32.3 Å². The zero-order valence-corrected chi connectivity index (χ0v) is 17.6. The summed E-state index contributed by atoms with van der Waals surface area (Å²) in [7, 11) is 0. The van der Waals surface area contributed by atoms with E-state index in [4.69, 9.17) is 4.98 Å². The van der Waals surface area contributed by atoms with Crippen molar-refractivity contribution in [3.8, 4) is 0 Å². The first-order chi connectivity index (χ1) is 14.6. The fraction of sp³-hybridized carbons (Fsp3) is 0.500. The van der Waals surface area contributed by atoms with Crippen LogP contribution in [-0.2, 0) is 11.2 Å². The molecule has 2 aliphatic rings. The third kappa shape index (κ3) is 4.05. The van der Waals surface area contributed by atoms with Gasteiger partial charge in [0, 0.05) is 61.8 Å². The second-order valence-corrected chi connectivity index (χ2v) is 7.89. The quantitative estimate of drug-likeness (QED) is 0.641. The summed E-state index contributed by atoms with van der Waals surface area (Å²) >= 11 is 0. The van der Waals surface area contributed by atoms with Crippen LogP contribution in [0.3, 0.4) is 0 Å². The number of anilines is 4. The molecule has 1 saturated heterocycles. The number of benzene rings is 1. The van der Waals surface area contributed by atoms with Gasteiger partial charge in [-0.3, -0.25) is 0 Å². The zero-order chi connectivity index (χ0) is 21.1. The Morgan fingerprint density at radius 3 is 2.57 bits per heavy atom. The number of fused-ring (bicyclic) bond motifs is 1. The lowest BCUT2D eigenvalue weighted by Gasteiger charge is -2.31. The number of aromatic nitrogens is 2. The molecular weight excluding hydrogens is 380 g/mol. The molecule has 3 heterocycles.